The fourth-order valence-electron chi connectivity index (χ4n) is 3.90. The van der Waals surface area contributed by atoms with Gasteiger partial charge in [0.25, 0.3) is 0 Å². The topological polar surface area (TPSA) is 69.7 Å². The summed E-state index contributed by atoms with van der Waals surface area (Å²) in [5.74, 6) is -0.300. The van der Waals surface area contributed by atoms with Crippen LogP contribution in [0, 0.1) is 5.82 Å². The van der Waals surface area contributed by atoms with Crippen molar-refractivity contribution in [1.82, 2.24) is 14.5 Å². The molecule has 0 radical (unpaired) electrons. The lowest BCUT2D eigenvalue weighted by Crippen LogP contribution is -2.50. The third kappa shape index (κ3) is 5.37. The summed E-state index contributed by atoms with van der Waals surface area (Å²) in [6, 6.07) is 13.4. The molecule has 0 aromatic heterocycles. The summed E-state index contributed by atoms with van der Waals surface area (Å²) in [6.07, 6.45) is 2.20. The van der Waals surface area contributed by atoms with E-state index in [2.05, 4.69) is 4.72 Å². The smallest absolute Gasteiger partial charge is 0.320 e. The van der Waals surface area contributed by atoms with Crippen molar-refractivity contribution in [2.24, 2.45) is 0 Å². The Labute approximate surface area is 177 Å². The van der Waals surface area contributed by atoms with E-state index in [1.54, 1.807) is 22.9 Å². The minimum atomic E-state index is -3.41. The molecule has 1 heterocycles. The van der Waals surface area contributed by atoms with Crippen LogP contribution in [0.5, 0.6) is 0 Å². The molecule has 0 aliphatic carbocycles. The van der Waals surface area contributed by atoms with Gasteiger partial charge in [0, 0.05) is 26.2 Å². The highest BCUT2D eigenvalue weighted by Crippen LogP contribution is 2.26. The number of rotatable bonds is 6. The number of likely N-dealkylation sites (tertiary alicyclic amines) is 1. The Hall–Kier alpha value is -2.45. The van der Waals surface area contributed by atoms with Crippen LogP contribution in [0.15, 0.2) is 48.5 Å². The summed E-state index contributed by atoms with van der Waals surface area (Å²) in [6.45, 7) is 2.96. The minimum absolute atomic E-state index is 0.110. The predicted molar refractivity (Wildman–Crippen MR) is 116 cm³/mol. The van der Waals surface area contributed by atoms with Crippen molar-refractivity contribution in [3.8, 4) is 11.1 Å². The van der Waals surface area contributed by atoms with E-state index in [0.717, 1.165) is 22.9 Å². The van der Waals surface area contributed by atoms with E-state index in [0.29, 0.717) is 25.9 Å². The Kier molecular flexibility index (Phi) is 6.77. The van der Waals surface area contributed by atoms with Gasteiger partial charge in [0.2, 0.25) is 10.0 Å². The third-order valence-corrected chi connectivity index (χ3v) is 6.22. The number of sulfonamides is 1. The first-order valence-electron chi connectivity index (χ1n) is 10.0. The maximum Gasteiger partial charge on any atom is 0.320 e. The predicted octanol–water partition coefficient (Wildman–Crippen LogP) is 3.10. The Balaban J connectivity index is 1.89. The summed E-state index contributed by atoms with van der Waals surface area (Å²) >= 11 is 0. The molecule has 0 unspecified atom stereocenters. The molecule has 1 aliphatic rings. The zero-order valence-electron chi connectivity index (χ0n) is 17.5. The Bertz CT molecular complexity index is 1010. The van der Waals surface area contributed by atoms with E-state index in [-0.39, 0.29) is 23.9 Å². The van der Waals surface area contributed by atoms with Gasteiger partial charge in [0.1, 0.15) is 5.82 Å². The van der Waals surface area contributed by atoms with Crippen molar-refractivity contribution in [2.75, 3.05) is 26.4 Å². The molecule has 1 N–H and O–H groups in total. The molecule has 162 valence electrons. The van der Waals surface area contributed by atoms with Crippen LogP contribution >= 0.6 is 0 Å². The number of benzene rings is 2. The molecule has 1 aliphatic heterocycles. The molecule has 1 saturated heterocycles. The first-order valence-corrected chi connectivity index (χ1v) is 11.9. The van der Waals surface area contributed by atoms with Crippen molar-refractivity contribution in [3.05, 3.63) is 59.9 Å². The van der Waals surface area contributed by atoms with Crippen LogP contribution < -0.4 is 4.72 Å². The van der Waals surface area contributed by atoms with Crippen LogP contribution in [-0.4, -0.2) is 62.7 Å². The fourth-order valence-corrected chi connectivity index (χ4v) is 4.72. The monoisotopic (exact) mass is 433 g/mol. The number of hydrogen-bond donors (Lipinski definition) is 1. The van der Waals surface area contributed by atoms with Crippen molar-refractivity contribution in [1.29, 1.82) is 0 Å². The largest absolute Gasteiger partial charge is 0.328 e. The van der Waals surface area contributed by atoms with E-state index < -0.39 is 10.0 Å². The second-order valence-electron chi connectivity index (χ2n) is 7.76. The number of carbonyl (C=O) groups excluding carboxylic acids is 1. The molecular formula is C22H28FN3O3S. The van der Waals surface area contributed by atoms with Gasteiger partial charge in [0.05, 0.1) is 12.3 Å². The SMILES string of the molecule is CCN(C)C(=O)N1CC[C@H](NS(C)(=O)=O)[C@@H]1Cc1cccc(-c2cccc(F)c2)c1. The highest BCUT2D eigenvalue weighted by molar-refractivity contribution is 7.88. The van der Waals surface area contributed by atoms with Crippen LogP contribution in [0.1, 0.15) is 18.9 Å². The summed E-state index contributed by atoms with van der Waals surface area (Å²) in [4.78, 5) is 16.2. The molecule has 2 aromatic rings. The molecule has 2 atom stereocenters. The van der Waals surface area contributed by atoms with Crippen LogP contribution in [-0.2, 0) is 16.4 Å². The van der Waals surface area contributed by atoms with Crippen molar-refractivity contribution in [2.45, 2.75) is 31.8 Å². The minimum Gasteiger partial charge on any atom is -0.328 e. The van der Waals surface area contributed by atoms with Gasteiger partial charge in [0.15, 0.2) is 0 Å². The number of carbonyl (C=O) groups is 1. The molecule has 1 fully saturated rings. The van der Waals surface area contributed by atoms with Crippen LogP contribution in [0.3, 0.4) is 0 Å². The molecule has 8 heteroatoms. The van der Waals surface area contributed by atoms with E-state index >= 15 is 0 Å². The standard InChI is InChI=1S/C22H28FN3O3S/c1-4-25(2)22(27)26-12-11-20(24-30(3,28)29)21(26)14-16-7-5-8-17(13-16)18-9-6-10-19(23)15-18/h5-10,13,15,20-21,24H,4,11-12,14H2,1-3H3/t20-,21-/m0/s1. The zero-order valence-corrected chi connectivity index (χ0v) is 18.3. The van der Waals surface area contributed by atoms with Gasteiger partial charge < -0.3 is 9.80 Å². The van der Waals surface area contributed by atoms with Gasteiger partial charge in [-0.25, -0.2) is 22.3 Å². The van der Waals surface area contributed by atoms with Crippen molar-refractivity contribution >= 4 is 16.1 Å². The van der Waals surface area contributed by atoms with E-state index in [1.165, 1.54) is 12.1 Å². The fraction of sp³-hybridized carbons (Fsp3) is 0.409. The molecule has 6 nitrogen and oxygen atoms in total. The van der Waals surface area contributed by atoms with E-state index in [4.69, 9.17) is 0 Å². The van der Waals surface area contributed by atoms with Crippen molar-refractivity contribution < 1.29 is 17.6 Å². The van der Waals surface area contributed by atoms with Gasteiger partial charge in [-0.2, -0.15) is 0 Å². The normalized spacial score (nSPS) is 19.1. The lowest BCUT2D eigenvalue weighted by molar-refractivity contribution is 0.157. The highest BCUT2D eigenvalue weighted by Gasteiger charge is 2.39. The molecule has 0 bridgehead atoms. The molecule has 2 aromatic carbocycles. The van der Waals surface area contributed by atoms with Gasteiger partial charge >= 0.3 is 6.03 Å². The average molecular weight is 434 g/mol. The number of urea groups is 1. The zero-order chi connectivity index (χ0) is 21.9. The Morgan fingerprint density at radius 1 is 1.20 bits per heavy atom. The number of nitrogens with one attached hydrogen (secondary N) is 1. The number of amides is 2. The molecular weight excluding hydrogens is 405 g/mol. The lowest BCUT2D eigenvalue weighted by atomic mass is 9.97. The van der Waals surface area contributed by atoms with Crippen LogP contribution in [0.4, 0.5) is 9.18 Å². The second kappa shape index (κ2) is 9.14. The Morgan fingerprint density at radius 2 is 1.87 bits per heavy atom. The maximum atomic E-state index is 13.6. The van der Waals surface area contributed by atoms with Gasteiger partial charge in [-0.1, -0.05) is 36.4 Å². The average Bonchev–Trinajstić information content (AvgIpc) is 3.07. The first-order chi connectivity index (χ1) is 14.2. The summed E-state index contributed by atoms with van der Waals surface area (Å²) in [7, 11) is -1.67. The quantitative estimate of drug-likeness (QED) is 0.761. The lowest BCUT2D eigenvalue weighted by Gasteiger charge is -2.31. The van der Waals surface area contributed by atoms with Gasteiger partial charge in [-0.05, 0) is 48.6 Å². The van der Waals surface area contributed by atoms with Crippen molar-refractivity contribution in [3.63, 3.8) is 0 Å². The van der Waals surface area contributed by atoms with Crippen LogP contribution in [0.25, 0.3) is 11.1 Å². The van der Waals surface area contributed by atoms with Gasteiger partial charge in [-0.15, -0.1) is 0 Å². The summed E-state index contributed by atoms with van der Waals surface area (Å²) in [5, 5.41) is 0. The molecule has 0 spiro atoms. The molecule has 30 heavy (non-hydrogen) atoms. The Morgan fingerprint density at radius 3 is 2.50 bits per heavy atom. The van der Waals surface area contributed by atoms with Crippen LogP contribution in [0.2, 0.25) is 0 Å². The molecule has 3 rings (SSSR count). The number of nitrogens with zero attached hydrogens (tertiary/aromatic N) is 2. The second-order valence-corrected chi connectivity index (χ2v) is 9.54. The van der Waals surface area contributed by atoms with E-state index in [9.17, 15) is 17.6 Å². The first kappa shape index (κ1) is 22.2. The number of hydrogen-bond acceptors (Lipinski definition) is 3. The third-order valence-electron chi connectivity index (χ3n) is 5.49. The summed E-state index contributed by atoms with van der Waals surface area (Å²) < 4.78 is 40.0. The van der Waals surface area contributed by atoms with Gasteiger partial charge in [-0.3, -0.25) is 0 Å². The molecule has 2 amide bonds. The maximum absolute atomic E-state index is 13.6. The number of halogens is 1. The summed E-state index contributed by atoms with van der Waals surface area (Å²) in [5.41, 5.74) is 2.61. The van der Waals surface area contributed by atoms with E-state index in [1.807, 2.05) is 37.3 Å². The molecule has 0 saturated carbocycles. The highest BCUT2D eigenvalue weighted by atomic mass is 32.2.